The standard InChI is InChI=1S/C22H22FN3O/c1-16-21(15-24-26(16)20-9-7-19(23)8-10-20)22(27)25-13-11-18(12-14-25)17-5-3-2-4-6-17/h2-10,15,18H,11-14H2,1H3. The molecule has 1 saturated heterocycles. The number of nitrogens with zero attached hydrogens (tertiary/aromatic N) is 3. The van der Waals surface area contributed by atoms with Gasteiger partial charge in [0, 0.05) is 13.1 Å². The van der Waals surface area contributed by atoms with Crippen molar-refractivity contribution < 1.29 is 9.18 Å². The number of hydrogen-bond acceptors (Lipinski definition) is 2. The van der Waals surface area contributed by atoms with Crippen LogP contribution in [-0.2, 0) is 0 Å². The van der Waals surface area contributed by atoms with Crippen molar-refractivity contribution >= 4 is 5.91 Å². The molecule has 0 N–H and O–H groups in total. The minimum absolute atomic E-state index is 0.0207. The number of carbonyl (C=O) groups excluding carboxylic acids is 1. The number of hydrogen-bond donors (Lipinski definition) is 0. The molecule has 4 nitrogen and oxygen atoms in total. The Morgan fingerprint density at radius 3 is 2.37 bits per heavy atom. The molecular weight excluding hydrogens is 341 g/mol. The van der Waals surface area contributed by atoms with Crippen molar-refractivity contribution in [2.45, 2.75) is 25.7 Å². The molecule has 0 aliphatic carbocycles. The molecule has 0 atom stereocenters. The SMILES string of the molecule is Cc1c(C(=O)N2CCC(c3ccccc3)CC2)cnn1-c1ccc(F)cc1. The first-order chi connectivity index (χ1) is 13.1. The fraction of sp³-hybridized carbons (Fsp3) is 0.273. The van der Waals surface area contributed by atoms with Crippen LogP contribution in [0.3, 0.4) is 0 Å². The van der Waals surface area contributed by atoms with Crippen molar-refractivity contribution in [1.29, 1.82) is 0 Å². The van der Waals surface area contributed by atoms with Gasteiger partial charge in [-0.2, -0.15) is 5.10 Å². The maximum atomic E-state index is 13.1. The molecule has 1 amide bonds. The third-order valence-corrected chi connectivity index (χ3v) is 5.36. The lowest BCUT2D eigenvalue weighted by Gasteiger charge is -2.32. The number of rotatable bonds is 3. The predicted octanol–water partition coefficient (Wildman–Crippen LogP) is 4.34. The Balaban J connectivity index is 1.47. The van der Waals surface area contributed by atoms with E-state index in [9.17, 15) is 9.18 Å². The maximum absolute atomic E-state index is 13.1. The van der Waals surface area contributed by atoms with Gasteiger partial charge in [0.05, 0.1) is 23.1 Å². The molecular formula is C22H22FN3O. The van der Waals surface area contributed by atoms with Crippen LogP contribution in [0.1, 0.15) is 40.4 Å². The largest absolute Gasteiger partial charge is 0.338 e. The zero-order valence-electron chi connectivity index (χ0n) is 15.3. The molecule has 1 aliphatic rings. The van der Waals surface area contributed by atoms with Crippen LogP contribution in [0.5, 0.6) is 0 Å². The molecule has 1 aliphatic heterocycles. The number of halogens is 1. The van der Waals surface area contributed by atoms with E-state index >= 15 is 0 Å². The van der Waals surface area contributed by atoms with Gasteiger partial charge in [0.2, 0.25) is 0 Å². The molecule has 27 heavy (non-hydrogen) atoms. The van der Waals surface area contributed by atoms with Crippen LogP contribution >= 0.6 is 0 Å². The Morgan fingerprint density at radius 1 is 1.04 bits per heavy atom. The molecule has 0 spiro atoms. The van der Waals surface area contributed by atoms with Gasteiger partial charge in [0.1, 0.15) is 5.82 Å². The van der Waals surface area contributed by atoms with Crippen molar-refractivity contribution in [3.63, 3.8) is 0 Å². The molecule has 1 fully saturated rings. The predicted molar refractivity (Wildman–Crippen MR) is 103 cm³/mol. The average molecular weight is 363 g/mol. The number of benzene rings is 2. The first kappa shape index (κ1) is 17.5. The molecule has 0 saturated carbocycles. The number of likely N-dealkylation sites (tertiary alicyclic amines) is 1. The number of amides is 1. The van der Waals surface area contributed by atoms with Gasteiger partial charge in [-0.05, 0) is 55.5 Å². The zero-order chi connectivity index (χ0) is 18.8. The first-order valence-electron chi connectivity index (χ1n) is 9.28. The number of carbonyl (C=O) groups is 1. The maximum Gasteiger partial charge on any atom is 0.257 e. The molecule has 1 aromatic heterocycles. The Bertz CT molecular complexity index is 926. The molecule has 2 aromatic carbocycles. The van der Waals surface area contributed by atoms with E-state index in [-0.39, 0.29) is 11.7 Å². The second-order valence-electron chi connectivity index (χ2n) is 7.01. The van der Waals surface area contributed by atoms with Gasteiger partial charge in [-0.1, -0.05) is 30.3 Å². The van der Waals surface area contributed by atoms with Crippen LogP contribution in [0.15, 0.2) is 60.8 Å². The molecule has 2 heterocycles. The van der Waals surface area contributed by atoms with Gasteiger partial charge in [0.25, 0.3) is 5.91 Å². The summed E-state index contributed by atoms with van der Waals surface area (Å²) in [5.74, 6) is 0.242. The van der Waals surface area contributed by atoms with E-state index in [0.717, 1.165) is 37.3 Å². The normalized spacial score (nSPS) is 15.1. The lowest BCUT2D eigenvalue weighted by atomic mass is 9.89. The van der Waals surface area contributed by atoms with E-state index in [1.54, 1.807) is 23.0 Å². The molecule has 4 rings (SSSR count). The van der Waals surface area contributed by atoms with Crippen molar-refractivity contribution in [1.82, 2.24) is 14.7 Å². The summed E-state index contributed by atoms with van der Waals surface area (Å²) in [6.45, 7) is 3.37. The Labute approximate surface area is 158 Å². The smallest absolute Gasteiger partial charge is 0.257 e. The molecule has 3 aromatic rings. The third-order valence-electron chi connectivity index (χ3n) is 5.36. The third kappa shape index (κ3) is 3.50. The van der Waals surface area contributed by atoms with E-state index in [4.69, 9.17) is 0 Å². The van der Waals surface area contributed by atoms with E-state index in [1.807, 2.05) is 17.9 Å². The van der Waals surface area contributed by atoms with Gasteiger partial charge in [-0.3, -0.25) is 4.79 Å². The van der Waals surface area contributed by atoms with Crippen molar-refractivity contribution in [3.8, 4) is 5.69 Å². The highest BCUT2D eigenvalue weighted by Gasteiger charge is 2.26. The first-order valence-corrected chi connectivity index (χ1v) is 9.28. The van der Waals surface area contributed by atoms with E-state index < -0.39 is 0 Å². The second kappa shape index (κ2) is 7.35. The summed E-state index contributed by atoms with van der Waals surface area (Å²) in [5, 5.41) is 4.34. The molecule has 0 bridgehead atoms. The Hall–Kier alpha value is -2.95. The molecule has 0 unspecified atom stereocenters. The zero-order valence-corrected chi connectivity index (χ0v) is 15.3. The highest BCUT2D eigenvalue weighted by Crippen LogP contribution is 2.29. The van der Waals surface area contributed by atoms with Crippen LogP contribution in [0.25, 0.3) is 5.69 Å². The van der Waals surface area contributed by atoms with Gasteiger partial charge < -0.3 is 4.90 Å². The van der Waals surface area contributed by atoms with Crippen LogP contribution in [-0.4, -0.2) is 33.7 Å². The summed E-state index contributed by atoms with van der Waals surface area (Å²) >= 11 is 0. The summed E-state index contributed by atoms with van der Waals surface area (Å²) < 4.78 is 14.8. The number of piperidine rings is 1. The summed E-state index contributed by atoms with van der Waals surface area (Å²) in [4.78, 5) is 14.9. The quantitative estimate of drug-likeness (QED) is 0.694. The lowest BCUT2D eigenvalue weighted by molar-refractivity contribution is 0.0712. The summed E-state index contributed by atoms with van der Waals surface area (Å²) in [7, 11) is 0. The van der Waals surface area contributed by atoms with E-state index in [2.05, 4.69) is 29.4 Å². The monoisotopic (exact) mass is 363 g/mol. The average Bonchev–Trinajstić information content (AvgIpc) is 3.10. The van der Waals surface area contributed by atoms with Crippen LogP contribution < -0.4 is 0 Å². The molecule has 138 valence electrons. The minimum atomic E-state index is -0.291. The van der Waals surface area contributed by atoms with Crippen molar-refractivity contribution in [2.75, 3.05) is 13.1 Å². The van der Waals surface area contributed by atoms with Crippen LogP contribution in [0.4, 0.5) is 4.39 Å². The van der Waals surface area contributed by atoms with Crippen molar-refractivity contribution in [2.24, 2.45) is 0 Å². The highest BCUT2D eigenvalue weighted by atomic mass is 19.1. The van der Waals surface area contributed by atoms with Gasteiger partial charge in [-0.25, -0.2) is 9.07 Å². The molecule has 0 radical (unpaired) electrons. The summed E-state index contributed by atoms with van der Waals surface area (Å²) in [6.07, 6.45) is 3.56. The summed E-state index contributed by atoms with van der Waals surface area (Å²) in [5.41, 5.74) is 3.48. The van der Waals surface area contributed by atoms with Gasteiger partial charge >= 0.3 is 0 Å². The highest BCUT2D eigenvalue weighted by molar-refractivity contribution is 5.95. The lowest BCUT2D eigenvalue weighted by Crippen LogP contribution is -2.38. The van der Waals surface area contributed by atoms with Crippen LogP contribution in [0.2, 0.25) is 0 Å². The van der Waals surface area contributed by atoms with Crippen molar-refractivity contribution in [3.05, 3.63) is 83.4 Å². The minimum Gasteiger partial charge on any atom is -0.338 e. The Kier molecular flexibility index (Phi) is 4.75. The van der Waals surface area contributed by atoms with Crippen LogP contribution in [0, 0.1) is 12.7 Å². The Morgan fingerprint density at radius 2 is 1.70 bits per heavy atom. The summed E-state index contributed by atoms with van der Waals surface area (Å²) in [6, 6.07) is 16.6. The fourth-order valence-corrected chi connectivity index (χ4v) is 3.77. The topological polar surface area (TPSA) is 38.1 Å². The number of aromatic nitrogens is 2. The van der Waals surface area contributed by atoms with Gasteiger partial charge in [-0.15, -0.1) is 0 Å². The van der Waals surface area contributed by atoms with E-state index in [0.29, 0.717) is 11.5 Å². The molecule has 5 heteroatoms. The second-order valence-corrected chi connectivity index (χ2v) is 7.01. The van der Waals surface area contributed by atoms with E-state index in [1.165, 1.54) is 17.7 Å². The fourth-order valence-electron chi connectivity index (χ4n) is 3.77. The van der Waals surface area contributed by atoms with Gasteiger partial charge in [0.15, 0.2) is 0 Å².